The normalized spacial score (nSPS) is 13.6. The van der Waals surface area contributed by atoms with Gasteiger partial charge in [0.25, 0.3) is 0 Å². The monoisotopic (exact) mass is 866 g/mol. The third-order valence-electron chi connectivity index (χ3n) is 10.4. The molecule has 60 heavy (non-hydrogen) atoms. The number of hydrogen-bond acceptors (Lipinski definition) is 8. The Kier molecular flexibility index (Phi) is 44.9. The van der Waals surface area contributed by atoms with Gasteiger partial charge in [0, 0.05) is 19.4 Å². The molecule has 0 fully saturated rings. The molecule has 10 heteroatoms. The van der Waals surface area contributed by atoms with E-state index in [0.717, 1.165) is 83.5 Å². The summed E-state index contributed by atoms with van der Waals surface area (Å²) in [5.74, 6) is -0.844. The zero-order valence-electron chi connectivity index (χ0n) is 38.7. The Balaban J connectivity index is 4.12. The molecule has 0 bridgehead atoms. The summed E-state index contributed by atoms with van der Waals surface area (Å²) < 4.78 is 32.9. The van der Waals surface area contributed by atoms with Crippen molar-refractivity contribution in [3.05, 3.63) is 48.6 Å². The molecule has 0 aromatic heterocycles. The number of nitrogens with two attached hydrogens (primary N) is 1. The largest absolute Gasteiger partial charge is 0.472 e. The summed E-state index contributed by atoms with van der Waals surface area (Å²) in [6, 6.07) is 0. The van der Waals surface area contributed by atoms with Crippen LogP contribution in [-0.2, 0) is 32.7 Å². The van der Waals surface area contributed by atoms with E-state index in [0.29, 0.717) is 6.42 Å². The number of rotatable bonds is 46. The van der Waals surface area contributed by atoms with Crippen molar-refractivity contribution in [3.8, 4) is 0 Å². The van der Waals surface area contributed by atoms with Crippen molar-refractivity contribution in [1.29, 1.82) is 0 Å². The molecule has 0 saturated heterocycles. The van der Waals surface area contributed by atoms with Gasteiger partial charge in [0.05, 0.1) is 13.2 Å². The lowest BCUT2D eigenvalue weighted by Crippen LogP contribution is -2.29. The highest BCUT2D eigenvalue weighted by atomic mass is 31.2. The molecule has 350 valence electrons. The predicted molar refractivity (Wildman–Crippen MR) is 252 cm³/mol. The minimum atomic E-state index is -4.39. The van der Waals surface area contributed by atoms with Gasteiger partial charge in [0.2, 0.25) is 0 Å². The Morgan fingerprint density at radius 1 is 0.500 bits per heavy atom. The molecule has 0 saturated carbocycles. The van der Waals surface area contributed by atoms with Gasteiger partial charge in [-0.3, -0.25) is 18.6 Å². The second-order valence-electron chi connectivity index (χ2n) is 16.3. The molecular weight excluding hydrogens is 774 g/mol. The fraction of sp³-hybridized carbons (Fsp3) is 0.800. The molecule has 2 unspecified atom stereocenters. The summed E-state index contributed by atoms with van der Waals surface area (Å²) in [5, 5.41) is 0. The molecule has 2 atom stereocenters. The van der Waals surface area contributed by atoms with Crippen LogP contribution in [0.15, 0.2) is 48.6 Å². The minimum absolute atomic E-state index is 0.0493. The van der Waals surface area contributed by atoms with Gasteiger partial charge in [-0.05, 0) is 77.0 Å². The highest BCUT2D eigenvalue weighted by Gasteiger charge is 2.26. The lowest BCUT2D eigenvalue weighted by molar-refractivity contribution is -0.161. The van der Waals surface area contributed by atoms with E-state index in [1.54, 1.807) is 0 Å². The Bertz CT molecular complexity index is 1120. The average molecular weight is 866 g/mol. The number of hydrogen-bond donors (Lipinski definition) is 2. The topological polar surface area (TPSA) is 134 Å². The number of phosphoric acid groups is 1. The molecule has 9 nitrogen and oxygen atoms in total. The molecule has 0 aliphatic heterocycles. The van der Waals surface area contributed by atoms with E-state index in [1.165, 1.54) is 109 Å². The zero-order valence-corrected chi connectivity index (χ0v) is 39.6. The average Bonchev–Trinajstić information content (AvgIpc) is 3.24. The van der Waals surface area contributed by atoms with Crippen molar-refractivity contribution in [2.24, 2.45) is 5.73 Å². The van der Waals surface area contributed by atoms with Crippen molar-refractivity contribution in [2.45, 2.75) is 232 Å². The summed E-state index contributed by atoms with van der Waals surface area (Å²) in [6.07, 6.45) is 54.2. The van der Waals surface area contributed by atoms with E-state index in [9.17, 15) is 19.0 Å². The van der Waals surface area contributed by atoms with E-state index < -0.39 is 26.5 Å². The van der Waals surface area contributed by atoms with E-state index in [1.807, 2.05) is 0 Å². The van der Waals surface area contributed by atoms with Crippen LogP contribution in [0.25, 0.3) is 0 Å². The smallest absolute Gasteiger partial charge is 0.462 e. The lowest BCUT2D eigenvalue weighted by Gasteiger charge is -2.19. The second kappa shape index (κ2) is 46.5. The number of carbonyl (C=O) groups excluding carboxylic acids is 2. The molecule has 0 aromatic carbocycles. The Hall–Kier alpha value is -2.03. The third-order valence-corrected chi connectivity index (χ3v) is 11.4. The van der Waals surface area contributed by atoms with Crippen LogP contribution >= 0.6 is 7.82 Å². The van der Waals surface area contributed by atoms with Crippen LogP contribution in [0.3, 0.4) is 0 Å². The molecule has 0 aromatic rings. The van der Waals surface area contributed by atoms with Crippen LogP contribution in [0.2, 0.25) is 0 Å². The highest BCUT2D eigenvalue weighted by Crippen LogP contribution is 2.43. The molecule has 0 amide bonds. The maximum Gasteiger partial charge on any atom is 0.472 e. The van der Waals surface area contributed by atoms with Crippen molar-refractivity contribution in [1.82, 2.24) is 0 Å². The van der Waals surface area contributed by atoms with Gasteiger partial charge in [0.1, 0.15) is 6.61 Å². The summed E-state index contributed by atoms with van der Waals surface area (Å²) in [7, 11) is -4.39. The number of allylic oxidation sites excluding steroid dienone is 8. The van der Waals surface area contributed by atoms with Gasteiger partial charge < -0.3 is 20.1 Å². The van der Waals surface area contributed by atoms with E-state index >= 15 is 0 Å². The standard InChI is InChI=1S/C50H92NO8P/c1-3-5-7-9-11-13-15-17-19-21-23-24-25-27-29-31-33-35-37-39-41-43-50(53)59-48(47-58-60(54,55)57-45-44-51)46-56-49(52)42-40-38-36-34-32-30-28-26-22-20-18-16-14-12-10-8-6-4-2/h15,17,20-23,25,27,48H,3-14,16,18-19,24,26,28-47,51H2,1-2H3,(H,54,55)/b17-15-,22-20-,23-21-,27-25-. The first kappa shape index (κ1) is 58.0. The molecule has 0 aliphatic rings. The lowest BCUT2D eigenvalue weighted by atomic mass is 10.1. The zero-order chi connectivity index (χ0) is 43.9. The number of unbranched alkanes of at least 4 members (excludes halogenated alkanes) is 25. The summed E-state index contributed by atoms with van der Waals surface area (Å²) in [5.41, 5.74) is 5.36. The third kappa shape index (κ3) is 45.5. The predicted octanol–water partition coefficient (Wildman–Crippen LogP) is 14.7. The Morgan fingerprint density at radius 3 is 1.30 bits per heavy atom. The summed E-state index contributed by atoms with van der Waals surface area (Å²) in [6.45, 7) is 3.72. The number of carbonyl (C=O) groups is 2. The van der Waals surface area contributed by atoms with Crippen molar-refractivity contribution in [3.63, 3.8) is 0 Å². The molecule has 0 heterocycles. The summed E-state index contributed by atoms with van der Waals surface area (Å²) >= 11 is 0. The first-order valence-electron chi connectivity index (χ1n) is 24.6. The molecule has 0 rings (SSSR count). The Labute approximate surface area is 368 Å². The van der Waals surface area contributed by atoms with Gasteiger partial charge in [-0.25, -0.2) is 4.57 Å². The van der Waals surface area contributed by atoms with Gasteiger partial charge in [0.15, 0.2) is 6.10 Å². The molecule has 0 radical (unpaired) electrons. The Morgan fingerprint density at radius 2 is 0.867 bits per heavy atom. The number of esters is 2. The fourth-order valence-corrected chi connectivity index (χ4v) is 7.52. The van der Waals surface area contributed by atoms with Crippen LogP contribution in [0.4, 0.5) is 0 Å². The van der Waals surface area contributed by atoms with Crippen molar-refractivity contribution >= 4 is 19.8 Å². The van der Waals surface area contributed by atoms with Gasteiger partial charge in [-0.15, -0.1) is 0 Å². The molecule has 0 spiro atoms. The van der Waals surface area contributed by atoms with E-state index in [-0.39, 0.29) is 38.6 Å². The summed E-state index contributed by atoms with van der Waals surface area (Å²) in [4.78, 5) is 35.0. The highest BCUT2D eigenvalue weighted by molar-refractivity contribution is 7.47. The van der Waals surface area contributed by atoms with Crippen molar-refractivity contribution in [2.75, 3.05) is 26.4 Å². The van der Waals surface area contributed by atoms with Crippen LogP contribution in [0.5, 0.6) is 0 Å². The van der Waals surface area contributed by atoms with Gasteiger partial charge in [-0.1, -0.05) is 184 Å². The first-order chi connectivity index (χ1) is 29.3. The van der Waals surface area contributed by atoms with Gasteiger partial charge >= 0.3 is 19.8 Å². The second-order valence-corrected chi connectivity index (χ2v) is 17.8. The first-order valence-corrected chi connectivity index (χ1v) is 26.1. The van der Waals surface area contributed by atoms with Crippen molar-refractivity contribution < 1.29 is 37.6 Å². The molecule has 3 N–H and O–H groups in total. The van der Waals surface area contributed by atoms with Crippen LogP contribution < -0.4 is 5.73 Å². The SMILES string of the molecule is CCCCCCC/C=C\C/C=C\C/C=C\CCCCCCCCC(=O)OC(COC(=O)CCCCCCCCC/C=C\CCCCCCCCC)COP(=O)(O)OCCN. The van der Waals surface area contributed by atoms with Gasteiger partial charge in [-0.2, -0.15) is 0 Å². The number of ether oxygens (including phenoxy) is 2. The van der Waals surface area contributed by atoms with Crippen LogP contribution in [0, 0.1) is 0 Å². The van der Waals surface area contributed by atoms with Crippen LogP contribution in [-0.4, -0.2) is 49.3 Å². The fourth-order valence-electron chi connectivity index (χ4n) is 6.75. The maximum absolute atomic E-state index is 12.6. The minimum Gasteiger partial charge on any atom is -0.462 e. The van der Waals surface area contributed by atoms with Crippen LogP contribution in [0.1, 0.15) is 226 Å². The quantitative estimate of drug-likeness (QED) is 0.0265. The number of phosphoric ester groups is 1. The van der Waals surface area contributed by atoms with E-state index in [2.05, 4.69) is 62.5 Å². The maximum atomic E-state index is 12.6. The molecule has 0 aliphatic carbocycles. The van der Waals surface area contributed by atoms with E-state index in [4.69, 9.17) is 24.3 Å². The molecular formula is C50H92NO8P.